The van der Waals surface area contributed by atoms with Crippen LogP contribution in [0.3, 0.4) is 0 Å². The van der Waals surface area contributed by atoms with Crippen LogP contribution in [0.2, 0.25) is 0 Å². The summed E-state index contributed by atoms with van der Waals surface area (Å²) in [5.74, 6) is -1.27. The molecule has 2 aromatic carbocycles. The number of amides is 2. The van der Waals surface area contributed by atoms with E-state index in [0.717, 1.165) is 6.26 Å². The summed E-state index contributed by atoms with van der Waals surface area (Å²) >= 11 is 0. The van der Waals surface area contributed by atoms with Crippen LogP contribution in [0.5, 0.6) is 5.75 Å². The zero-order chi connectivity index (χ0) is 21.6. The average Bonchev–Trinajstić information content (AvgIpc) is 2.62. The van der Waals surface area contributed by atoms with E-state index in [4.69, 9.17) is 4.74 Å². The zero-order valence-electron chi connectivity index (χ0n) is 16.2. The second-order valence-electron chi connectivity index (χ2n) is 6.32. The average molecular weight is 423 g/mol. The normalized spacial score (nSPS) is 10.9. The maximum atomic E-state index is 13.6. The molecule has 0 radical (unpaired) electrons. The molecule has 0 aromatic heterocycles. The van der Waals surface area contributed by atoms with E-state index in [0.29, 0.717) is 5.69 Å². The minimum absolute atomic E-state index is 0.0311. The summed E-state index contributed by atoms with van der Waals surface area (Å²) < 4.78 is 44.4. The number of hydrogen-bond donors (Lipinski definition) is 2. The van der Waals surface area contributed by atoms with Crippen LogP contribution in [0, 0.1) is 5.82 Å². The maximum absolute atomic E-state index is 13.6. The first-order valence-electron chi connectivity index (χ1n) is 8.59. The third-order valence-corrected chi connectivity index (χ3v) is 4.32. The third-order valence-electron chi connectivity index (χ3n) is 3.73. The van der Waals surface area contributed by atoms with Gasteiger partial charge in [-0.2, -0.15) is 0 Å². The van der Waals surface area contributed by atoms with Crippen LogP contribution in [0.4, 0.5) is 15.8 Å². The molecular formula is C19H22FN3O5S. The highest BCUT2D eigenvalue weighted by atomic mass is 32.2. The second-order valence-corrected chi connectivity index (χ2v) is 8.07. The van der Waals surface area contributed by atoms with E-state index in [1.165, 1.54) is 55.3 Å². The molecule has 0 unspecified atom stereocenters. The topological polar surface area (TPSA) is 105 Å². The van der Waals surface area contributed by atoms with E-state index in [2.05, 4.69) is 10.0 Å². The zero-order valence-corrected chi connectivity index (χ0v) is 17.0. The number of halogens is 1. The molecular weight excluding hydrogens is 401 g/mol. The Morgan fingerprint density at radius 3 is 2.48 bits per heavy atom. The monoisotopic (exact) mass is 423 g/mol. The Bertz CT molecular complexity index is 1010. The van der Waals surface area contributed by atoms with Crippen molar-refractivity contribution >= 4 is 33.2 Å². The van der Waals surface area contributed by atoms with Gasteiger partial charge >= 0.3 is 0 Å². The van der Waals surface area contributed by atoms with Crippen molar-refractivity contribution in [2.24, 2.45) is 0 Å². The van der Waals surface area contributed by atoms with Crippen LogP contribution in [0.15, 0.2) is 42.5 Å². The molecule has 0 aliphatic carbocycles. The summed E-state index contributed by atoms with van der Waals surface area (Å²) in [7, 11) is -2.12. The number of carbonyl (C=O) groups is 2. The van der Waals surface area contributed by atoms with Gasteiger partial charge in [0.2, 0.25) is 15.9 Å². The molecule has 2 amide bonds. The van der Waals surface area contributed by atoms with Crippen molar-refractivity contribution in [3.8, 4) is 5.75 Å². The highest BCUT2D eigenvalue weighted by molar-refractivity contribution is 7.92. The third kappa shape index (κ3) is 6.75. The first-order valence-corrected chi connectivity index (χ1v) is 10.5. The van der Waals surface area contributed by atoms with Gasteiger partial charge in [0.1, 0.15) is 6.61 Å². The van der Waals surface area contributed by atoms with Gasteiger partial charge in [-0.3, -0.25) is 14.3 Å². The lowest BCUT2D eigenvalue weighted by Crippen LogP contribution is -2.32. The first-order chi connectivity index (χ1) is 13.6. The fourth-order valence-corrected chi connectivity index (χ4v) is 3.03. The Kier molecular flexibility index (Phi) is 7.16. The number of rotatable bonds is 8. The lowest BCUT2D eigenvalue weighted by molar-refractivity contribution is -0.114. The minimum Gasteiger partial charge on any atom is -0.489 e. The van der Waals surface area contributed by atoms with Crippen LogP contribution < -0.4 is 14.8 Å². The SMILES string of the molecule is CC(=O)Nc1ccc(NS(C)(=O)=O)c(C(=O)N(C)CCOc2ccccc2F)c1. The number of anilines is 2. The van der Waals surface area contributed by atoms with Gasteiger partial charge in [-0.05, 0) is 30.3 Å². The predicted octanol–water partition coefficient (Wildman–Crippen LogP) is 2.31. The van der Waals surface area contributed by atoms with Gasteiger partial charge in [0.05, 0.1) is 24.1 Å². The quantitative estimate of drug-likeness (QED) is 0.678. The Hall–Kier alpha value is -3.14. The Balaban J connectivity index is 2.17. The second kappa shape index (κ2) is 9.37. The molecule has 0 bridgehead atoms. The summed E-state index contributed by atoms with van der Waals surface area (Å²) in [6.45, 7) is 1.47. The Morgan fingerprint density at radius 1 is 1.17 bits per heavy atom. The number of sulfonamides is 1. The number of carbonyl (C=O) groups excluding carboxylic acids is 2. The number of likely N-dealkylation sites (N-methyl/N-ethyl adjacent to an activating group) is 1. The highest BCUT2D eigenvalue weighted by Crippen LogP contribution is 2.23. The predicted molar refractivity (Wildman–Crippen MR) is 108 cm³/mol. The van der Waals surface area contributed by atoms with Crippen LogP contribution in [0.1, 0.15) is 17.3 Å². The lowest BCUT2D eigenvalue weighted by Gasteiger charge is -2.20. The smallest absolute Gasteiger partial charge is 0.255 e. The van der Waals surface area contributed by atoms with Gasteiger partial charge in [-0.25, -0.2) is 12.8 Å². The Morgan fingerprint density at radius 2 is 1.86 bits per heavy atom. The molecule has 0 atom stereocenters. The van der Waals surface area contributed by atoms with Crippen molar-refractivity contribution in [3.63, 3.8) is 0 Å². The van der Waals surface area contributed by atoms with Crippen molar-refractivity contribution in [1.82, 2.24) is 4.90 Å². The summed E-state index contributed by atoms with van der Waals surface area (Å²) in [6, 6.07) is 10.2. The van der Waals surface area contributed by atoms with Gasteiger partial charge in [0.15, 0.2) is 11.6 Å². The summed E-state index contributed by atoms with van der Waals surface area (Å²) in [4.78, 5) is 25.4. The molecule has 0 fully saturated rings. The largest absolute Gasteiger partial charge is 0.489 e. The van der Waals surface area contributed by atoms with E-state index in [1.54, 1.807) is 6.07 Å². The minimum atomic E-state index is -3.63. The van der Waals surface area contributed by atoms with Gasteiger partial charge in [0.25, 0.3) is 5.91 Å². The van der Waals surface area contributed by atoms with E-state index >= 15 is 0 Å². The fourth-order valence-electron chi connectivity index (χ4n) is 2.45. The van der Waals surface area contributed by atoms with Gasteiger partial charge in [-0.15, -0.1) is 0 Å². The molecule has 0 aliphatic heterocycles. The van der Waals surface area contributed by atoms with Gasteiger partial charge < -0.3 is 15.0 Å². The standard InChI is InChI=1S/C19H22FN3O5S/c1-13(24)21-14-8-9-17(22-29(3,26)27)15(12-14)19(25)23(2)10-11-28-18-7-5-4-6-16(18)20/h4-9,12,22H,10-11H2,1-3H3,(H,21,24). The molecule has 2 rings (SSSR count). The molecule has 0 heterocycles. The van der Waals surface area contributed by atoms with E-state index < -0.39 is 21.7 Å². The van der Waals surface area contributed by atoms with E-state index in [9.17, 15) is 22.4 Å². The molecule has 2 N–H and O–H groups in total. The van der Waals surface area contributed by atoms with Gasteiger partial charge in [-0.1, -0.05) is 12.1 Å². The number of hydrogen-bond acceptors (Lipinski definition) is 5. The van der Waals surface area contributed by atoms with Crippen molar-refractivity contribution < 1.29 is 27.1 Å². The summed E-state index contributed by atoms with van der Waals surface area (Å²) in [6.07, 6.45) is 0.967. The van der Waals surface area contributed by atoms with Crippen molar-refractivity contribution in [2.45, 2.75) is 6.92 Å². The number of para-hydroxylation sites is 1. The molecule has 10 heteroatoms. The van der Waals surface area contributed by atoms with Crippen molar-refractivity contribution in [3.05, 3.63) is 53.8 Å². The van der Waals surface area contributed by atoms with E-state index in [-0.39, 0.29) is 36.1 Å². The number of nitrogens with one attached hydrogen (secondary N) is 2. The summed E-state index contributed by atoms with van der Waals surface area (Å²) in [5.41, 5.74) is 0.472. The van der Waals surface area contributed by atoms with Crippen LogP contribution in [-0.4, -0.2) is 51.6 Å². The highest BCUT2D eigenvalue weighted by Gasteiger charge is 2.19. The molecule has 0 saturated heterocycles. The van der Waals surface area contributed by atoms with Crippen molar-refractivity contribution in [1.29, 1.82) is 0 Å². The molecule has 0 saturated carbocycles. The number of nitrogens with zero attached hydrogens (tertiary/aromatic N) is 1. The maximum Gasteiger partial charge on any atom is 0.255 e. The first kappa shape index (κ1) is 22.2. The van der Waals surface area contributed by atoms with Crippen LogP contribution in [-0.2, 0) is 14.8 Å². The van der Waals surface area contributed by atoms with Crippen molar-refractivity contribution in [2.75, 3.05) is 36.5 Å². The lowest BCUT2D eigenvalue weighted by atomic mass is 10.1. The summed E-state index contributed by atoms with van der Waals surface area (Å²) in [5, 5.41) is 2.55. The number of ether oxygens (including phenoxy) is 1. The molecule has 8 nitrogen and oxygen atoms in total. The van der Waals surface area contributed by atoms with Crippen LogP contribution >= 0.6 is 0 Å². The van der Waals surface area contributed by atoms with Crippen LogP contribution in [0.25, 0.3) is 0 Å². The molecule has 156 valence electrons. The van der Waals surface area contributed by atoms with Gasteiger partial charge in [0, 0.05) is 19.7 Å². The molecule has 0 aliphatic rings. The molecule has 2 aromatic rings. The Labute approximate surface area is 168 Å². The molecule has 29 heavy (non-hydrogen) atoms. The molecule has 0 spiro atoms. The van der Waals surface area contributed by atoms with E-state index in [1.807, 2.05) is 0 Å². The fraction of sp³-hybridized carbons (Fsp3) is 0.263. The number of benzene rings is 2.